The van der Waals surface area contributed by atoms with Crippen LogP contribution in [0.15, 0.2) is 18.2 Å². The highest BCUT2D eigenvalue weighted by atomic mass is 35.5. The number of benzene rings is 1. The lowest BCUT2D eigenvalue weighted by Gasteiger charge is -2.40. The molecule has 1 aromatic rings. The van der Waals surface area contributed by atoms with Crippen LogP contribution in [0.3, 0.4) is 0 Å². The van der Waals surface area contributed by atoms with E-state index in [0.29, 0.717) is 27.9 Å². The molecule has 3 atom stereocenters. The molecule has 98 valence electrons. The number of fused-ring (bicyclic) bond motifs is 2. The van der Waals surface area contributed by atoms with Gasteiger partial charge in [-0.1, -0.05) is 35.7 Å². The van der Waals surface area contributed by atoms with E-state index in [9.17, 15) is 0 Å². The predicted molar refractivity (Wildman–Crippen MR) is 74.7 cm³/mol. The fourth-order valence-electron chi connectivity index (χ4n) is 3.06. The quantitative estimate of drug-likeness (QED) is 0.885. The Morgan fingerprint density at radius 1 is 1.11 bits per heavy atom. The largest absolute Gasteiger partial charge is 0.489 e. The number of rotatable bonds is 2. The zero-order valence-corrected chi connectivity index (χ0v) is 11.7. The fraction of sp³-hybridized carbons (Fsp3) is 0.571. The van der Waals surface area contributed by atoms with Crippen LogP contribution in [0.5, 0.6) is 5.75 Å². The van der Waals surface area contributed by atoms with E-state index >= 15 is 0 Å². The van der Waals surface area contributed by atoms with Crippen molar-refractivity contribution < 1.29 is 4.74 Å². The van der Waals surface area contributed by atoms with Crippen LogP contribution in [-0.4, -0.2) is 18.2 Å². The van der Waals surface area contributed by atoms with Gasteiger partial charge >= 0.3 is 0 Å². The maximum absolute atomic E-state index is 6.16. The molecule has 2 nitrogen and oxygen atoms in total. The second kappa shape index (κ2) is 5.28. The van der Waals surface area contributed by atoms with Crippen molar-refractivity contribution in [3.05, 3.63) is 28.2 Å². The highest BCUT2D eigenvalue weighted by Gasteiger charge is 2.32. The van der Waals surface area contributed by atoms with Crippen molar-refractivity contribution in [2.24, 2.45) is 0 Å². The van der Waals surface area contributed by atoms with Gasteiger partial charge in [-0.15, -0.1) is 0 Å². The maximum Gasteiger partial charge on any atom is 0.139 e. The SMILES string of the molecule is Clc1cccc(O[C@H]2C[C@H]3CCC[C@@H](C2)N3)c1Cl. The van der Waals surface area contributed by atoms with Gasteiger partial charge in [-0.05, 0) is 37.8 Å². The van der Waals surface area contributed by atoms with E-state index in [1.807, 2.05) is 12.1 Å². The third kappa shape index (κ3) is 2.61. The minimum absolute atomic E-state index is 0.262. The molecule has 1 aromatic carbocycles. The Balaban J connectivity index is 1.71. The van der Waals surface area contributed by atoms with Crippen molar-refractivity contribution in [1.29, 1.82) is 0 Å². The van der Waals surface area contributed by atoms with Gasteiger partial charge < -0.3 is 10.1 Å². The second-order valence-electron chi connectivity index (χ2n) is 5.25. The molecule has 2 bridgehead atoms. The molecule has 4 heteroatoms. The summed E-state index contributed by atoms with van der Waals surface area (Å²) in [5.41, 5.74) is 0. The molecule has 0 unspecified atom stereocenters. The fourth-order valence-corrected chi connectivity index (χ4v) is 3.40. The summed E-state index contributed by atoms with van der Waals surface area (Å²) in [6, 6.07) is 6.78. The molecule has 2 aliphatic rings. The van der Waals surface area contributed by atoms with Crippen LogP contribution >= 0.6 is 23.2 Å². The summed E-state index contributed by atoms with van der Waals surface area (Å²) in [6.45, 7) is 0. The Labute approximate surface area is 118 Å². The summed E-state index contributed by atoms with van der Waals surface area (Å²) >= 11 is 12.2. The van der Waals surface area contributed by atoms with Crippen molar-refractivity contribution in [1.82, 2.24) is 5.32 Å². The van der Waals surface area contributed by atoms with Crippen molar-refractivity contribution in [2.75, 3.05) is 0 Å². The van der Waals surface area contributed by atoms with Gasteiger partial charge in [0.25, 0.3) is 0 Å². The van der Waals surface area contributed by atoms with E-state index in [-0.39, 0.29) is 6.10 Å². The van der Waals surface area contributed by atoms with Crippen molar-refractivity contribution in [2.45, 2.75) is 50.3 Å². The van der Waals surface area contributed by atoms with E-state index < -0.39 is 0 Å². The lowest BCUT2D eigenvalue weighted by Crippen LogP contribution is -2.51. The average molecular weight is 286 g/mol. The molecule has 2 fully saturated rings. The molecule has 0 amide bonds. The number of ether oxygens (including phenoxy) is 1. The Kier molecular flexibility index (Phi) is 3.69. The maximum atomic E-state index is 6.16. The van der Waals surface area contributed by atoms with Crippen LogP contribution in [0, 0.1) is 0 Å². The van der Waals surface area contributed by atoms with Crippen LogP contribution in [0.1, 0.15) is 32.1 Å². The van der Waals surface area contributed by atoms with Gasteiger partial charge in [0.2, 0.25) is 0 Å². The molecule has 18 heavy (non-hydrogen) atoms. The normalized spacial score (nSPS) is 31.1. The molecule has 2 saturated heterocycles. The van der Waals surface area contributed by atoms with Crippen LogP contribution in [0.25, 0.3) is 0 Å². The molecular formula is C14H17Cl2NO. The topological polar surface area (TPSA) is 21.3 Å². The van der Waals surface area contributed by atoms with Crippen molar-refractivity contribution in [3.8, 4) is 5.75 Å². The molecule has 0 radical (unpaired) electrons. The standard InChI is InChI=1S/C14H17Cl2NO/c15-12-5-2-6-13(14(12)16)18-11-7-9-3-1-4-10(8-11)17-9/h2,5-6,9-11,17H,1,3-4,7-8H2/t9-,10+,11+. The Bertz CT molecular complexity index is 426. The predicted octanol–water partition coefficient (Wildman–Crippen LogP) is 4.05. The Hall–Kier alpha value is -0.440. The molecule has 3 rings (SSSR count). The number of hydrogen-bond donors (Lipinski definition) is 1. The summed E-state index contributed by atoms with van der Waals surface area (Å²) in [7, 11) is 0. The zero-order valence-electron chi connectivity index (χ0n) is 10.2. The number of nitrogens with one attached hydrogen (secondary N) is 1. The van der Waals surface area contributed by atoms with Crippen molar-refractivity contribution >= 4 is 23.2 Å². The number of piperidine rings is 2. The van der Waals surface area contributed by atoms with E-state index in [2.05, 4.69) is 5.32 Å². The first-order chi connectivity index (χ1) is 8.72. The van der Waals surface area contributed by atoms with Crippen LogP contribution < -0.4 is 10.1 Å². The highest BCUT2D eigenvalue weighted by molar-refractivity contribution is 6.42. The minimum Gasteiger partial charge on any atom is -0.489 e. The van der Waals surface area contributed by atoms with Gasteiger partial charge in [-0.25, -0.2) is 0 Å². The smallest absolute Gasteiger partial charge is 0.139 e. The first kappa shape index (κ1) is 12.6. The minimum atomic E-state index is 0.262. The first-order valence-electron chi connectivity index (χ1n) is 6.59. The highest BCUT2D eigenvalue weighted by Crippen LogP contribution is 2.35. The molecular weight excluding hydrogens is 269 g/mol. The van der Waals surface area contributed by atoms with Gasteiger partial charge in [0, 0.05) is 12.1 Å². The zero-order chi connectivity index (χ0) is 12.5. The molecule has 1 N–H and O–H groups in total. The first-order valence-corrected chi connectivity index (χ1v) is 7.34. The average Bonchev–Trinajstić information content (AvgIpc) is 2.35. The summed E-state index contributed by atoms with van der Waals surface area (Å²) in [6.07, 6.45) is 6.27. The monoisotopic (exact) mass is 285 g/mol. The van der Waals surface area contributed by atoms with Gasteiger partial charge in [0.05, 0.1) is 5.02 Å². The van der Waals surface area contributed by atoms with Crippen molar-refractivity contribution in [3.63, 3.8) is 0 Å². The molecule has 0 aromatic heterocycles. The third-order valence-electron chi connectivity index (χ3n) is 3.88. The van der Waals surface area contributed by atoms with Crippen LogP contribution in [0.2, 0.25) is 10.0 Å². The van der Waals surface area contributed by atoms with E-state index in [1.165, 1.54) is 19.3 Å². The number of hydrogen-bond acceptors (Lipinski definition) is 2. The molecule has 2 aliphatic heterocycles. The lowest BCUT2D eigenvalue weighted by atomic mass is 9.85. The summed E-state index contributed by atoms with van der Waals surface area (Å²) in [4.78, 5) is 0. The summed E-state index contributed by atoms with van der Waals surface area (Å²) < 4.78 is 6.05. The third-order valence-corrected chi connectivity index (χ3v) is 4.68. The number of halogens is 2. The Morgan fingerprint density at radius 2 is 1.83 bits per heavy atom. The molecule has 0 spiro atoms. The lowest BCUT2D eigenvalue weighted by molar-refractivity contribution is 0.0928. The molecule has 2 heterocycles. The van der Waals surface area contributed by atoms with Gasteiger partial charge in [-0.3, -0.25) is 0 Å². The summed E-state index contributed by atoms with van der Waals surface area (Å²) in [5, 5.41) is 4.74. The molecule has 0 aliphatic carbocycles. The van der Waals surface area contributed by atoms with Crippen LogP contribution in [0.4, 0.5) is 0 Å². The Morgan fingerprint density at radius 3 is 2.56 bits per heavy atom. The van der Waals surface area contributed by atoms with E-state index in [0.717, 1.165) is 12.8 Å². The molecule has 0 saturated carbocycles. The second-order valence-corrected chi connectivity index (χ2v) is 6.04. The van der Waals surface area contributed by atoms with Crippen LogP contribution in [-0.2, 0) is 0 Å². The van der Waals surface area contributed by atoms with Gasteiger partial charge in [-0.2, -0.15) is 0 Å². The summed E-state index contributed by atoms with van der Waals surface area (Å²) in [5.74, 6) is 0.717. The van der Waals surface area contributed by atoms with E-state index in [1.54, 1.807) is 6.07 Å². The van der Waals surface area contributed by atoms with Gasteiger partial charge in [0.15, 0.2) is 0 Å². The van der Waals surface area contributed by atoms with Gasteiger partial charge in [0.1, 0.15) is 16.9 Å². The van der Waals surface area contributed by atoms with E-state index in [4.69, 9.17) is 27.9 Å².